The molecule has 2 aromatic rings. The monoisotopic (exact) mass is 414 g/mol. The molecular weight excluding hydrogens is 388 g/mol. The van der Waals surface area contributed by atoms with Crippen LogP contribution in [0.2, 0.25) is 5.02 Å². The fraction of sp³-hybridized carbons (Fsp3) is 0.391. The van der Waals surface area contributed by atoms with Crippen molar-refractivity contribution in [3.8, 4) is 5.75 Å². The van der Waals surface area contributed by atoms with E-state index in [2.05, 4.69) is 10.6 Å². The van der Waals surface area contributed by atoms with E-state index >= 15 is 0 Å². The minimum absolute atomic E-state index is 0.0232. The Hall–Kier alpha value is -2.53. The molecule has 1 heterocycles. The van der Waals surface area contributed by atoms with Gasteiger partial charge in [-0.2, -0.15) is 0 Å². The molecule has 2 N–H and O–H groups in total. The number of benzene rings is 2. The predicted molar refractivity (Wildman–Crippen MR) is 114 cm³/mol. The quantitative estimate of drug-likeness (QED) is 0.680. The van der Waals surface area contributed by atoms with Gasteiger partial charge in [-0.15, -0.1) is 0 Å². The topological polar surface area (TPSA) is 67.4 Å². The number of carbonyl (C=O) groups is 2. The SMILES string of the molecule is COc1ccc([C@@H](C)NC(=O)CC[C@]2(Cc3ccc(Cl)cc3)CCC(=O)N2)cc1. The molecule has 0 radical (unpaired) electrons. The van der Waals surface area contributed by atoms with E-state index in [0.29, 0.717) is 30.7 Å². The third-order valence-corrected chi connectivity index (χ3v) is 5.77. The lowest BCUT2D eigenvalue weighted by Gasteiger charge is -2.29. The molecule has 2 amide bonds. The van der Waals surface area contributed by atoms with E-state index in [1.165, 1.54) is 0 Å². The average molecular weight is 415 g/mol. The van der Waals surface area contributed by atoms with Gasteiger partial charge in [0.15, 0.2) is 0 Å². The van der Waals surface area contributed by atoms with Crippen molar-refractivity contribution in [2.24, 2.45) is 0 Å². The smallest absolute Gasteiger partial charge is 0.220 e. The van der Waals surface area contributed by atoms with Gasteiger partial charge in [-0.05, 0) is 61.6 Å². The molecule has 6 heteroatoms. The first-order valence-electron chi connectivity index (χ1n) is 9.88. The Morgan fingerprint density at radius 3 is 2.48 bits per heavy atom. The molecule has 154 valence electrons. The summed E-state index contributed by atoms with van der Waals surface area (Å²) in [5.41, 5.74) is 1.74. The lowest BCUT2D eigenvalue weighted by atomic mass is 9.85. The summed E-state index contributed by atoms with van der Waals surface area (Å²) in [6.45, 7) is 1.96. The van der Waals surface area contributed by atoms with Crippen LogP contribution < -0.4 is 15.4 Å². The Labute approximate surface area is 176 Å². The largest absolute Gasteiger partial charge is 0.497 e. The normalized spacial score (nSPS) is 19.5. The van der Waals surface area contributed by atoms with E-state index in [0.717, 1.165) is 23.3 Å². The highest BCUT2D eigenvalue weighted by atomic mass is 35.5. The predicted octanol–water partition coefficient (Wildman–Crippen LogP) is 4.20. The number of amides is 2. The highest BCUT2D eigenvalue weighted by Gasteiger charge is 2.37. The van der Waals surface area contributed by atoms with Crippen LogP contribution in [-0.4, -0.2) is 24.5 Å². The zero-order valence-corrected chi connectivity index (χ0v) is 17.6. The van der Waals surface area contributed by atoms with Gasteiger partial charge in [0.05, 0.1) is 13.2 Å². The van der Waals surface area contributed by atoms with Crippen LogP contribution in [-0.2, 0) is 16.0 Å². The molecule has 1 aliphatic heterocycles. The Morgan fingerprint density at radius 1 is 1.21 bits per heavy atom. The number of hydrogen-bond acceptors (Lipinski definition) is 3. The molecule has 3 rings (SSSR count). The van der Waals surface area contributed by atoms with Crippen molar-refractivity contribution in [3.63, 3.8) is 0 Å². The molecule has 1 fully saturated rings. The number of methoxy groups -OCH3 is 1. The van der Waals surface area contributed by atoms with E-state index in [1.54, 1.807) is 7.11 Å². The number of carbonyl (C=O) groups excluding carboxylic acids is 2. The first-order valence-corrected chi connectivity index (χ1v) is 10.3. The first-order chi connectivity index (χ1) is 13.9. The van der Waals surface area contributed by atoms with Gasteiger partial charge < -0.3 is 15.4 Å². The van der Waals surface area contributed by atoms with E-state index in [-0.39, 0.29) is 23.4 Å². The van der Waals surface area contributed by atoms with E-state index in [4.69, 9.17) is 16.3 Å². The summed E-state index contributed by atoms with van der Waals surface area (Å²) in [7, 11) is 1.63. The maximum absolute atomic E-state index is 12.6. The summed E-state index contributed by atoms with van der Waals surface area (Å²) in [4.78, 5) is 24.5. The molecule has 2 atom stereocenters. The standard InChI is InChI=1S/C23H27ClN2O3/c1-16(18-5-9-20(29-2)10-6-18)25-21(27)11-13-23(14-12-22(28)26-23)15-17-3-7-19(24)8-4-17/h3-10,16H,11-15H2,1-2H3,(H,25,27)(H,26,28)/t16-,23-/m1/s1. The number of nitrogens with one attached hydrogen (secondary N) is 2. The second kappa shape index (κ2) is 9.31. The zero-order valence-electron chi connectivity index (χ0n) is 16.8. The first kappa shape index (κ1) is 21.2. The molecular formula is C23H27ClN2O3. The minimum atomic E-state index is -0.383. The van der Waals surface area contributed by atoms with Crippen LogP contribution in [0.25, 0.3) is 0 Å². The molecule has 5 nitrogen and oxygen atoms in total. The molecule has 2 aromatic carbocycles. The van der Waals surface area contributed by atoms with E-state index in [9.17, 15) is 9.59 Å². The van der Waals surface area contributed by atoms with Crippen LogP contribution >= 0.6 is 11.6 Å². The van der Waals surface area contributed by atoms with Crippen molar-refractivity contribution in [2.75, 3.05) is 7.11 Å². The van der Waals surface area contributed by atoms with Crippen molar-refractivity contribution in [3.05, 3.63) is 64.7 Å². The fourth-order valence-electron chi connectivity index (χ4n) is 3.82. The summed E-state index contributed by atoms with van der Waals surface area (Å²) in [6, 6.07) is 15.2. The van der Waals surface area contributed by atoms with Gasteiger partial charge in [0.2, 0.25) is 11.8 Å². The number of ether oxygens (including phenoxy) is 1. The van der Waals surface area contributed by atoms with Gasteiger partial charge in [0.1, 0.15) is 5.75 Å². The van der Waals surface area contributed by atoms with Crippen LogP contribution in [0.3, 0.4) is 0 Å². The van der Waals surface area contributed by atoms with Gasteiger partial charge in [0, 0.05) is 23.4 Å². The lowest BCUT2D eigenvalue weighted by Crippen LogP contribution is -2.44. The average Bonchev–Trinajstić information content (AvgIpc) is 3.09. The van der Waals surface area contributed by atoms with Gasteiger partial charge in [-0.25, -0.2) is 0 Å². The Kier molecular flexibility index (Phi) is 6.80. The molecule has 0 saturated carbocycles. The van der Waals surface area contributed by atoms with Crippen LogP contribution in [0.15, 0.2) is 48.5 Å². The third kappa shape index (κ3) is 5.73. The van der Waals surface area contributed by atoms with Gasteiger partial charge in [-0.1, -0.05) is 35.9 Å². The summed E-state index contributed by atoms with van der Waals surface area (Å²) in [5, 5.41) is 6.85. The zero-order chi connectivity index (χ0) is 20.9. The molecule has 0 spiro atoms. The maximum Gasteiger partial charge on any atom is 0.220 e. The number of halogens is 1. The summed E-state index contributed by atoms with van der Waals surface area (Å²) in [5.74, 6) is 0.810. The molecule has 1 aliphatic rings. The van der Waals surface area contributed by atoms with Crippen LogP contribution in [0.4, 0.5) is 0 Å². The molecule has 0 bridgehead atoms. The van der Waals surface area contributed by atoms with Gasteiger partial charge in [0.25, 0.3) is 0 Å². The third-order valence-electron chi connectivity index (χ3n) is 5.51. The molecule has 1 saturated heterocycles. The minimum Gasteiger partial charge on any atom is -0.497 e. The summed E-state index contributed by atoms with van der Waals surface area (Å²) in [6.07, 6.45) is 2.88. The Bertz CT molecular complexity index is 851. The van der Waals surface area contributed by atoms with E-state index < -0.39 is 0 Å². The fourth-order valence-corrected chi connectivity index (χ4v) is 3.94. The van der Waals surface area contributed by atoms with Crippen molar-refractivity contribution in [1.29, 1.82) is 0 Å². The van der Waals surface area contributed by atoms with Crippen molar-refractivity contribution in [1.82, 2.24) is 10.6 Å². The van der Waals surface area contributed by atoms with Crippen LogP contribution in [0, 0.1) is 0 Å². The van der Waals surface area contributed by atoms with Crippen molar-refractivity contribution < 1.29 is 14.3 Å². The summed E-state index contributed by atoms with van der Waals surface area (Å²) < 4.78 is 5.17. The number of rotatable bonds is 8. The van der Waals surface area contributed by atoms with Crippen LogP contribution in [0.5, 0.6) is 5.75 Å². The lowest BCUT2D eigenvalue weighted by molar-refractivity contribution is -0.123. The highest BCUT2D eigenvalue weighted by molar-refractivity contribution is 6.30. The van der Waals surface area contributed by atoms with Crippen molar-refractivity contribution in [2.45, 2.75) is 50.6 Å². The molecule has 0 aliphatic carbocycles. The number of hydrogen-bond donors (Lipinski definition) is 2. The van der Waals surface area contributed by atoms with Gasteiger partial charge in [-0.3, -0.25) is 9.59 Å². The summed E-state index contributed by atoms with van der Waals surface area (Å²) >= 11 is 5.98. The molecule has 29 heavy (non-hydrogen) atoms. The van der Waals surface area contributed by atoms with E-state index in [1.807, 2.05) is 55.5 Å². The maximum atomic E-state index is 12.6. The Morgan fingerprint density at radius 2 is 1.90 bits per heavy atom. The second-order valence-electron chi connectivity index (χ2n) is 7.69. The molecule has 0 unspecified atom stereocenters. The van der Waals surface area contributed by atoms with Crippen LogP contribution in [0.1, 0.15) is 49.8 Å². The molecule has 0 aromatic heterocycles. The van der Waals surface area contributed by atoms with Crippen molar-refractivity contribution >= 4 is 23.4 Å². The van der Waals surface area contributed by atoms with Gasteiger partial charge >= 0.3 is 0 Å². The highest BCUT2D eigenvalue weighted by Crippen LogP contribution is 2.30. The second-order valence-corrected chi connectivity index (χ2v) is 8.13. The Balaban J connectivity index is 1.59.